The molecule has 0 unspecified atom stereocenters. The molecule has 0 saturated heterocycles. The van der Waals surface area contributed by atoms with Crippen molar-refractivity contribution in [1.29, 1.82) is 0 Å². The van der Waals surface area contributed by atoms with E-state index in [1.807, 2.05) is 0 Å². The van der Waals surface area contributed by atoms with Gasteiger partial charge in [0.1, 0.15) is 10.6 Å². The van der Waals surface area contributed by atoms with Crippen LogP contribution < -0.4 is 10.6 Å². The zero-order valence-corrected chi connectivity index (χ0v) is 13.8. The van der Waals surface area contributed by atoms with Crippen LogP contribution in [0, 0.1) is 12.3 Å². The van der Waals surface area contributed by atoms with Gasteiger partial charge in [0.15, 0.2) is 0 Å². The monoisotopic (exact) mass is 292 g/mol. The number of anilines is 2. The van der Waals surface area contributed by atoms with Crippen LogP contribution in [0.5, 0.6) is 0 Å². The Hall–Kier alpha value is -1.36. The maximum atomic E-state index is 4.60. The molecule has 0 aliphatic heterocycles. The molecule has 4 nitrogen and oxygen atoms in total. The normalized spacial score (nSPS) is 11.8. The van der Waals surface area contributed by atoms with Crippen molar-refractivity contribution in [3.8, 4) is 0 Å². The van der Waals surface area contributed by atoms with Gasteiger partial charge < -0.3 is 10.6 Å². The number of hydrogen-bond donors (Lipinski definition) is 2. The van der Waals surface area contributed by atoms with Gasteiger partial charge in [-0.2, -0.15) is 4.98 Å². The van der Waals surface area contributed by atoms with Gasteiger partial charge in [0.25, 0.3) is 0 Å². The SMILES string of the molecule is CCNc1nc(NCCC(C)(C)C)c2cc(C)sc2n1. The van der Waals surface area contributed by atoms with Gasteiger partial charge in [0, 0.05) is 18.0 Å². The molecule has 0 aromatic carbocycles. The van der Waals surface area contributed by atoms with E-state index >= 15 is 0 Å². The summed E-state index contributed by atoms with van der Waals surface area (Å²) in [4.78, 5) is 11.5. The number of thiophene rings is 1. The minimum atomic E-state index is 0.328. The van der Waals surface area contributed by atoms with Crippen molar-refractivity contribution < 1.29 is 0 Å². The number of aryl methyl sites for hydroxylation is 1. The highest BCUT2D eigenvalue weighted by atomic mass is 32.1. The zero-order valence-electron chi connectivity index (χ0n) is 13.0. The number of nitrogens with zero attached hydrogens (tertiary/aromatic N) is 2. The van der Waals surface area contributed by atoms with E-state index in [1.165, 1.54) is 4.88 Å². The average molecular weight is 292 g/mol. The lowest BCUT2D eigenvalue weighted by molar-refractivity contribution is 0.389. The lowest BCUT2D eigenvalue weighted by Gasteiger charge is -2.18. The Bertz CT molecular complexity index is 583. The lowest BCUT2D eigenvalue weighted by atomic mass is 9.92. The van der Waals surface area contributed by atoms with E-state index < -0.39 is 0 Å². The van der Waals surface area contributed by atoms with Crippen LogP contribution in [0.2, 0.25) is 0 Å². The second-order valence-corrected chi connectivity index (χ2v) is 7.47. The summed E-state index contributed by atoms with van der Waals surface area (Å²) in [5.74, 6) is 1.65. The summed E-state index contributed by atoms with van der Waals surface area (Å²) in [6.45, 7) is 12.7. The maximum absolute atomic E-state index is 4.60. The smallest absolute Gasteiger partial charge is 0.226 e. The van der Waals surface area contributed by atoms with E-state index in [0.29, 0.717) is 11.4 Å². The van der Waals surface area contributed by atoms with Crippen molar-refractivity contribution in [2.75, 3.05) is 23.7 Å². The highest BCUT2D eigenvalue weighted by Crippen LogP contribution is 2.30. The maximum Gasteiger partial charge on any atom is 0.226 e. The Morgan fingerprint density at radius 3 is 2.60 bits per heavy atom. The van der Waals surface area contributed by atoms with Crippen LogP contribution in [0.3, 0.4) is 0 Å². The van der Waals surface area contributed by atoms with E-state index in [4.69, 9.17) is 0 Å². The molecule has 0 atom stereocenters. The van der Waals surface area contributed by atoms with Crippen LogP contribution in [0.1, 0.15) is 39.0 Å². The van der Waals surface area contributed by atoms with Gasteiger partial charge in [-0.15, -0.1) is 11.3 Å². The molecule has 0 spiro atoms. The molecular weight excluding hydrogens is 268 g/mol. The Morgan fingerprint density at radius 1 is 1.20 bits per heavy atom. The van der Waals surface area contributed by atoms with Gasteiger partial charge >= 0.3 is 0 Å². The topological polar surface area (TPSA) is 49.8 Å². The summed E-state index contributed by atoms with van der Waals surface area (Å²) in [5.41, 5.74) is 0.328. The van der Waals surface area contributed by atoms with Gasteiger partial charge in [-0.25, -0.2) is 4.98 Å². The number of rotatable bonds is 5. The predicted octanol–water partition coefficient (Wildman–Crippen LogP) is 4.28. The van der Waals surface area contributed by atoms with Gasteiger partial charge in [-0.3, -0.25) is 0 Å². The van der Waals surface area contributed by atoms with Gasteiger partial charge in [-0.1, -0.05) is 20.8 Å². The first-order valence-corrected chi connectivity index (χ1v) is 7.96. The van der Waals surface area contributed by atoms with E-state index in [0.717, 1.165) is 35.5 Å². The summed E-state index contributed by atoms with van der Waals surface area (Å²) in [6, 6.07) is 2.16. The average Bonchev–Trinajstić information content (AvgIpc) is 2.68. The third-order valence-electron chi connectivity index (χ3n) is 3.02. The van der Waals surface area contributed by atoms with Crippen molar-refractivity contribution in [3.05, 3.63) is 10.9 Å². The van der Waals surface area contributed by atoms with Crippen LogP contribution in [0.25, 0.3) is 10.2 Å². The Balaban J connectivity index is 2.24. The molecule has 0 saturated carbocycles. The summed E-state index contributed by atoms with van der Waals surface area (Å²) >= 11 is 1.71. The first-order chi connectivity index (χ1) is 9.39. The number of fused-ring (bicyclic) bond motifs is 1. The van der Waals surface area contributed by atoms with Crippen LogP contribution >= 0.6 is 11.3 Å². The van der Waals surface area contributed by atoms with E-state index in [9.17, 15) is 0 Å². The molecule has 20 heavy (non-hydrogen) atoms. The molecule has 0 bridgehead atoms. The van der Waals surface area contributed by atoms with Crippen LogP contribution in [-0.2, 0) is 0 Å². The predicted molar refractivity (Wildman–Crippen MR) is 88.9 cm³/mol. The number of aromatic nitrogens is 2. The number of nitrogens with one attached hydrogen (secondary N) is 2. The van der Waals surface area contributed by atoms with Crippen molar-refractivity contribution in [2.45, 2.75) is 41.0 Å². The lowest BCUT2D eigenvalue weighted by Crippen LogP contribution is -2.14. The van der Waals surface area contributed by atoms with Crippen LogP contribution in [-0.4, -0.2) is 23.1 Å². The van der Waals surface area contributed by atoms with Crippen LogP contribution in [0.4, 0.5) is 11.8 Å². The first kappa shape index (κ1) is 15.0. The summed E-state index contributed by atoms with van der Waals surface area (Å²) in [7, 11) is 0. The molecular formula is C15H24N4S. The second-order valence-electron chi connectivity index (χ2n) is 6.24. The molecule has 0 aliphatic carbocycles. The molecule has 2 aromatic rings. The van der Waals surface area contributed by atoms with Crippen molar-refractivity contribution in [1.82, 2.24) is 9.97 Å². The Kier molecular flexibility index (Phi) is 4.48. The van der Waals surface area contributed by atoms with Crippen molar-refractivity contribution >= 4 is 33.3 Å². The molecule has 2 aromatic heterocycles. The molecule has 5 heteroatoms. The third-order valence-corrected chi connectivity index (χ3v) is 3.96. The summed E-state index contributed by atoms with van der Waals surface area (Å²) < 4.78 is 0. The summed E-state index contributed by atoms with van der Waals surface area (Å²) in [5, 5.41) is 7.80. The van der Waals surface area contributed by atoms with Gasteiger partial charge in [-0.05, 0) is 31.7 Å². The van der Waals surface area contributed by atoms with Gasteiger partial charge in [0.05, 0.1) is 5.39 Å². The highest BCUT2D eigenvalue weighted by Gasteiger charge is 2.12. The fraction of sp³-hybridized carbons (Fsp3) is 0.600. The van der Waals surface area contributed by atoms with Crippen LogP contribution in [0.15, 0.2) is 6.07 Å². The largest absolute Gasteiger partial charge is 0.369 e. The molecule has 2 heterocycles. The quantitative estimate of drug-likeness (QED) is 0.863. The molecule has 0 amide bonds. The Labute approximate surface area is 125 Å². The number of hydrogen-bond acceptors (Lipinski definition) is 5. The minimum absolute atomic E-state index is 0.328. The molecule has 2 N–H and O–H groups in total. The summed E-state index contributed by atoms with van der Waals surface area (Å²) in [6.07, 6.45) is 1.11. The molecule has 110 valence electrons. The van der Waals surface area contributed by atoms with Crippen molar-refractivity contribution in [3.63, 3.8) is 0 Å². The molecule has 2 rings (SSSR count). The molecule has 0 fully saturated rings. The molecule has 0 aliphatic rings. The standard InChI is InChI=1S/C15H24N4S/c1-6-16-14-18-12(17-8-7-15(3,4)5)11-9-10(2)20-13(11)19-14/h9H,6-8H2,1-5H3,(H2,16,17,18,19). The van der Waals surface area contributed by atoms with Gasteiger partial charge in [0.2, 0.25) is 5.95 Å². The van der Waals surface area contributed by atoms with E-state index in [2.05, 4.69) is 61.3 Å². The minimum Gasteiger partial charge on any atom is -0.369 e. The van der Waals surface area contributed by atoms with E-state index in [1.54, 1.807) is 11.3 Å². The van der Waals surface area contributed by atoms with E-state index in [-0.39, 0.29) is 0 Å². The zero-order chi connectivity index (χ0) is 14.8. The first-order valence-electron chi connectivity index (χ1n) is 7.15. The fourth-order valence-corrected chi connectivity index (χ4v) is 2.85. The Morgan fingerprint density at radius 2 is 1.95 bits per heavy atom. The molecule has 0 radical (unpaired) electrons. The second kappa shape index (κ2) is 5.95. The van der Waals surface area contributed by atoms with Crippen molar-refractivity contribution in [2.24, 2.45) is 5.41 Å². The highest BCUT2D eigenvalue weighted by molar-refractivity contribution is 7.18. The third kappa shape index (κ3) is 3.82. The fourth-order valence-electron chi connectivity index (χ4n) is 1.97.